The number of hydrazone groups is 1. The summed E-state index contributed by atoms with van der Waals surface area (Å²) in [4.78, 5) is 0. The number of aryl methyl sites for hydroxylation is 2. The molecule has 0 spiro atoms. The molecule has 20 heavy (non-hydrogen) atoms. The van der Waals surface area contributed by atoms with E-state index in [1.807, 2.05) is 31.5 Å². The second-order valence-electron chi connectivity index (χ2n) is 4.59. The fourth-order valence-electron chi connectivity index (χ4n) is 1.75. The summed E-state index contributed by atoms with van der Waals surface area (Å²) < 4.78 is 2.11. The van der Waals surface area contributed by atoms with Crippen molar-refractivity contribution >= 4 is 11.4 Å². The number of hydrogen-bond donors (Lipinski definition) is 1. The van der Waals surface area contributed by atoms with Crippen LogP contribution in [0.4, 0.5) is 5.69 Å². The highest BCUT2D eigenvalue weighted by molar-refractivity contribution is 5.99. The van der Waals surface area contributed by atoms with E-state index in [2.05, 4.69) is 53.2 Å². The zero-order valence-corrected chi connectivity index (χ0v) is 13.7. The van der Waals surface area contributed by atoms with E-state index in [1.54, 1.807) is 0 Å². The third-order valence-electron chi connectivity index (χ3n) is 3.08. The maximum absolute atomic E-state index is 4.41. The van der Waals surface area contributed by atoms with Crippen LogP contribution in [0.25, 0.3) is 0 Å². The van der Waals surface area contributed by atoms with Crippen molar-refractivity contribution in [2.24, 2.45) is 5.10 Å². The highest BCUT2D eigenvalue weighted by Crippen LogP contribution is 2.07. The molecule has 2 aromatic rings. The lowest BCUT2D eigenvalue weighted by atomic mass is 10.1. The Morgan fingerprint density at radius 1 is 1.10 bits per heavy atom. The molecule has 0 aliphatic rings. The Morgan fingerprint density at radius 2 is 1.70 bits per heavy atom. The van der Waals surface area contributed by atoms with Gasteiger partial charge < -0.3 is 17.0 Å². The van der Waals surface area contributed by atoms with E-state index in [1.165, 1.54) is 5.56 Å². The molecular weight excluding hydrogens is 314 g/mol. The van der Waals surface area contributed by atoms with Gasteiger partial charge in [-0.1, -0.05) is 29.8 Å². The number of aromatic nitrogens is 1. The standard InChI is InChI=1S/C16H19N3.BrH/c1-4-19-11-9-16(10-12-19)18-17-14(3)15-7-5-13(2)6-8-15;/h5-12H,4H2,1-3H3;1H/b17-14+;. The number of nitrogens with zero attached hydrogens (tertiary/aromatic N) is 2. The van der Waals surface area contributed by atoms with Crippen molar-refractivity contribution in [1.82, 2.24) is 0 Å². The predicted octanol–water partition coefficient (Wildman–Crippen LogP) is 0.143. The lowest BCUT2D eigenvalue weighted by Crippen LogP contribution is -3.00. The minimum absolute atomic E-state index is 0. The van der Waals surface area contributed by atoms with Crippen molar-refractivity contribution in [3.8, 4) is 0 Å². The minimum Gasteiger partial charge on any atom is -1.00 e. The molecule has 0 radical (unpaired) electrons. The number of anilines is 1. The molecule has 0 fully saturated rings. The maximum Gasteiger partial charge on any atom is 0.170 e. The summed E-state index contributed by atoms with van der Waals surface area (Å²) in [6.45, 7) is 7.19. The molecular formula is C16H20BrN3. The summed E-state index contributed by atoms with van der Waals surface area (Å²) in [6.07, 6.45) is 4.08. The van der Waals surface area contributed by atoms with Gasteiger partial charge in [0.2, 0.25) is 0 Å². The number of hydrogen-bond acceptors (Lipinski definition) is 2. The number of halogens is 1. The molecule has 0 unspecified atom stereocenters. The third kappa shape index (κ3) is 4.46. The van der Waals surface area contributed by atoms with Gasteiger partial charge in [-0.25, -0.2) is 4.57 Å². The zero-order chi connectivity index (χ0) is 13.7. The van der Waals surface area contributed by atoms with E-state index in [9.17, 15) is 0 Å². The third-order valence-corrected chi connectivity index (χ3v) is 3.08. The van der Waals surface area contributed by atoms with Gasteiger partial charge in [-0.2, -0.15) is 5.10 Å². The number of pyridine rings is 1. The van der Waals surface area contributed by atoms with Crippen LogP contribution in [0, 0.1) is 6.92 Å². The van der Waals surface area contributed by atoms with Gasteiger partial charge >= 0.3 is 0 Å². The van der Waals surface area contributed by atoms with Crippen LogP contribution < -0.4 is 27.0 Å². The molecule has 0 atom stereocenters. The molecule has 0 aliphatic heterocycles. The Hall–Kier alpha value is -1.68. The molecule has 0 amide bonds. The molecule has 0 aliphatic carbocycles. The maximum atomic E-state index is 4.41. The molecule has 106 valence electrons. The predicted molar refractivity (Wildman–Crippen MR) is 79.3 cm³/mol. The van der Waals surface area contributed by atoms with Gasteiger partial charge in [0.1, 0.15) is 6.54 Å². The van der Waals surface area contributed by atoms with Crippen LogP contribution in [0.1, 0.15) is 25.0 Å². The second-order valence-corrected chi connectivity index (χ2v) is 4.59. The minimum atomic E-state index is 0. The van der Waals surface area contributed by atoms with Gasteiger partial charge in [0, 0.05) is 12.1 Å². The van der Waals surface area contributed by atoms with E-state index in [4.69, 9.17) is 0 Å². The lowest BCUT2D eigenvalue weighted by molar-refractivity contribution is -0.693. The Balaban J connectivity index is 0.00000200. The van der Waals surface area contributed by atoms with E-state index in [0.717, 1.165) is 23.5 Å². The summed E-state index contributed by atoms with van der Waals surface area (Å²) >= 11 is 0. The van der Waals surface area contributed by atoms with Crippen molar-refractivity contribution < 1.29 is 21.5 Å². The van der Waals surface area contributed by atoms with Crippen LogP contribution in [0.15, 0.2) is 53.9 Å². The van der Waals surface area contributed by atoms with Crippen molar-refractivity contribution in [1.29, 1.82) is 0 Å². The number of nitrogens with one attached hydrogen (secondary N) is 1. The van der Waals surface area contributed by atoms with Gasteiger partial charge in [0.25, 0.3) is 0 Å². The monoisotopic (exact) mass is 333 g/mol. The molecule has 1 N–H and O–H groups in total. The molecule has 2 rings (SSSR count). The van der Waals surface area contributed by atoms with Crippen LogP contribution in [-0.2, 0) is 6.54 Å². The number of rotatable bonds is 4. The van der Waals surface area contributed by atoms with Crippen LogP contribution in [0.2, 0.25) is 0 Å². The summed E-state index contributed by atoms with van der Waals surface area (Å²) in [5, 5.41) is 4.41. The van der Waals surface area contributed by atoms with Gasteiger partial charge in [-0.3, -0.25) is 5.43 Å². The van der Waals surface area contributed by atoms with Gasteiger partial charge in [-0.05, 0) is 26.3 Å². The van der Waals surface area contributed by atoms with E-state index < -0.39 is 0 Å². The average Bonchev–Trinajstić information content (AvgIpc) is 2.46. The molecule has 0 bridgehead atoms. The molecule has 1 aromatic carbocycles. The van der Waals surface area contributed by atoms with E-state index in [0.29, 0.717) is 0 Å². The van der Waals surface area contributed by atoms with Crippen molar-refractivity contribution in [3.05, 3.63) is 59.9 Å². The Labute approximate surface area is 131 Å². The summed E-state index contributed by atoms with van der Waals surface area (Å²) in [5.74, 6) is 0. The highest BCUT2D eigenvalue weighted by Gasteiger charge is 1.99. The van der Waals surface area contributed by atoms with E-state index >= 15 is 0 Å². The largest absolute Gasteiger partial charge is 1.00 e. The normalized spacial score (nSPS) is 10.8. The first-order valence-electron chi connectivity index (χ1n) is 6.55. The Bertz CT molecular complexity index is 559. The molecule has 1 heterocycles. The van der Waals surface area contributed by atoms with Crippen LogP contribution in [-0.4, -0.2) is 5.71 Å². The van der Waals surface area contributed by atoms with Crippen molar-refractivity contribution in [2.75, 3.05) is 5.43 Å². The fraction of sp³-hybridized carbons (Fsp3) is 0.250. The van der Waals surface area contributed by atoms with Crippen molar-refractivity contribution in [2.45, 2.75) is 27.3 Å². The second kappa shape index (κ2) is 7.80. The molecule has 0 saturated carbocycles. The number of benzene rings is 1. The molecule has 4 heteroatoms. The van der Waals surface area contributed by atoms with E-state index in [-0.39, 0.29) is 17.0 Å². The van der Waals surface area contributed by atoms with Crippen LogP contribution >= 0.6 is 0 Å². The van der Waals surface area contributed by atoms with Gasteiger partial charge in [0.15, 0.2) is 12.4 Å². The molecule has 0 saturated heterocycles. The smallest absolute Gasteiger partial charge is 0.170 e. The SMILES string of the molecule is CC[n+]1ccc(N/N=C(\C)c2ccc(C)cc2)cc1.[Br-]. The van der Waals surface area contributed by atoms with Crippen LogP contribution in [0.5, 0.6) is 0 Å². The summed E-state index contributed by atoms with van der Waals surface area (Å²) in [6, 6.07) is 12.4. The summed E-state index contributed by atoms with van der Waals surface area (Å²) in [5.41, 5.74) is 7.46. The van der Waals surface area contributed by atoms with Gasteiger partial charge in [-0.15, -0.1) is 0 Å². The highest BCUT2D eigenvalue weighted by atomic mass is 79.9. The fourth-order valence-corrected chi connectivity index (χ4v) is 1.75. The molecule has 1 aromatic heterocycles. The van der Waals surface area contributed by atoms with Crippen molar-refractivity contribution in [3.63, 3.8) is 0 Å². The molecule has 3 nitrogen and oxygen atoms in total. The Kier molecular flexibility index (Phi) is 6.39. The average molecular weight is 334 g/mol. The zero-order valence-electron chi connectivity index (χ0n) is 12.1. The topological polar surface area (TPSA) is 28.3 Å². The quantitative estimate of drug-likeness (QED) is 0.481. The summed E-state index contributed by atoms with van der Waals surface area (Å²) in [7, 11) is 0. The van der Waals surface area contributed by atoms with Gasteiger partial charge in [0.05, 0.1) is 11.4 Å². The lowest BCUT2D eigenvalue weighted by Gasteiger charge is -2.03. The first-order valence-corrected chi connectivity index (χ1v) is 6.55. The Morgan fingerprint density at radius 3 is 2.25 bits per heavy atom. The first-order chi connectivity index (χ1) is 9.19. The van der Waals surface area contributed by atoms with Crippen LogP contribution in [0.3, 0.4) is 0 Å². The first kappa shape index (κ1) is 16.4.